The van der Waals surface area contributed by atoms with E-state index in [-0.39, 0.29) is 4.90 Å². The maximum atomic E-state index is 11.5. The Morgan fingerprint density at radius 1 is 1.33 bits per heavy atom. The topological polar surface area (TPSA) is 67.2 Å². The molecule has 0 spiro atoms. The van der Waals surface area contributed by atoms with E-state index in [1.54, 1.807) is 18.2 Å². The van der Waals surface area contributed by atoms with Crippen LogP contribution in [0, 0.1) is 11.3 Å². The van der Waals surface area contributed by atoms with Gasteiger partial charge in [-0.2, -0.15) is 5.26 Å². The van der Waals surface area contributed by atoms with Crippen molar-refractivity contribution in [1.29, 1.82) is 5.26 Å². The van der Waals surface area contributed by atoms with Gasteiger partial charge in [0.1, 0.15) is 5.75 Å². The molecule has 0 saturated carbocycles. The zero-order valence-corrected chi connectivity index (χ0v) is 8.86. The smallest absolute Gasteiger partial charge is 0.200 e. The van der Waals surface area contributed by atoms with E-state index in [1.165, 1.54) is 19.2 Å². The van der Waals surface area contributed by atoms with Crippen LogP contribution in [0.3, 0.4) is 0 Å². The van der Waals surface area contributed by atoms with Gasteiger partial charge in [-0.3, -0.25) is 0 Å². The van der Waals surface area contributed by atoms with Crippen molar-refractivity contribution in [3.05, 3.63) is 35.7 Å². The summed E-state index contributed by atoms with van der Waals surface area (Å²) in [7, 11) is -2.01. The number of methoxy groups -OCH3 is 1. The number of nitrogens with zero attached hydrogens (tertiary/aromatic N) is 1. The molecule has 0 unspecified atom stereocenters. The minimum Gasteiger partial charge on any atom is -0.497 e. The highest BCUT2D eigenvalue weighted by molar-refractivity contribution is 7.94. The highest BCUT2D eigenvalue weighted by atomic mass is 32.2. The third-order valence-corrected chi connectivity index (χ3v) is 3.13. The predicted octanol–water partition coefficient (Wildman–Crippen LogP) is 1.51. The van der Waals surface area contributed by atoms with Gasteiger partial charge < -0.3 is 4.74 Å². The third kappa shape index (κ3) is 2.82. The molecule has 78 valence electrons. The lowest BCUT2D eigenvalue weighted by Crippen LogP contribution is -1.95. The van der Waals surface area contributed by atoms with Crippen molar-refractivity contribution >= 4 is 9.84 Å². The number of allylic oxidation sites excluding steroid dienone is 1. The van der Waals surface area contributed by atoms with E-state index in [9.17, 15) is 8.42 Å². The molecule has 0 aliphatic rings. The number of hydrogen-bond acceptors (Lipinski definition) is 4. The van der Waals surface area contributed by atoms with E-state index < -0.39 is 9.84 Å². The summed E-state index contributed by atoms with van der Waals surface area (Å²) in [6, 6.07) is 7.58. The first kappa shape index (κ1) is 11.3. The van der Waals surface area contributed by atoms with Gasteiger partial charge in [0.15, 0.2) is 0 Å². The summed E-state index contributed by atoms with van der Waals surface area (Å²) in [4.78, 5) is 0.134. The molecule has 15 heavy (non-hydrogen) atoms. The van der Waals surface area contributed by atoms with Crippen LogP contribution in [0.15, 0.2) is 40.6 Å². The first-order valence-corrected chi connectivity index (χ1v) is 5.60. The normalized spacial score (nSPS) is 11.2. The summed E-state index contributed by atoms with van der Waals surface area (Å²) in [6.07, 6.45) is 0.930. The van der Waals surface area contributed by atoms with Crippen LogP contribution >= 0.6 is 0 Å². The largest absolute Gasteiger partial charge is 0.497 e. The molecule has 4 nitrogen and oxygen atoms in total. The predicted molar refractivity (Wildman–Crippen MR) is 54.9 cm³/mol. The standard InChI is InChI=1S/C10H9NO3S/c1-14-9-3-5-10(6-4-9)15(12,13)8-2-7-11/h2-6,8H,1H3/b8-2+. The second-order valence-corrected chi connectivity index (χ2v) is 4.49. The molecular weight excluding hydrogens is 214 g/mol. The molecular formula is C10H9NO3S. The van der Waals surface area contributed by atoms with Crippen molar-refractivity contribution in [2.45, 2.75) is 4.90 Å². The summed E-state index contributed by atoms with van der Waals surface area (Å²) in [6.45, 7) is 0. The Bertz CT molecular complexity index is 494. The van der Waals surface area contributed by atoms with E-state index >= 15 is 0 Å². The maximum absolute atomic E-state index is 11.5. The molecule has 0 saturated heterocycles. The van der Waals surface area contributed by atoms with Crippen molar-refractivity contribution in [3.63, 3.8) is 0 Å². The summed E-state index contributed by atoms with van der Waals surface area (Å²) >= 11 is 0. The Hall–Kier alpha value is -1.80. The number of ether oxygens (including phenoxy) is 1. The van der Waals surface area contributed by atoms with E-state index in [1.807, 2.05) is 0 Å². The van der Waals surface area contributed by atoms with Crippen LogP contribution in [0.25, 0.3) is 0 Å². The van der Waals surface area contributed by atoms with E-state index in [4.69, 9.17) is 10.00 Å². The van der Waals surface area contributed by atoms with Crippen LogP contribution in [0.1, 0.15) is 0 Å². The fraction of sp³-hybridized carbons (Fsp3) is 0.100. The van der Waals surface area contributed by atoms with Crippen LogP contribution in [0.5, 0.6) is 5.75 Å². The molecule has 0 heterocycles. The van der Waals surface area contributed by atoms with E-state index in [2.05, 4.69) is 0 Å². The number of rotatable bonds is 3. The molecule has 0 N–H and O–H groups in total. The second kappa shape index (κ2) is 4.62. The number of benzene rings is 1. The van der Waals surface area contributed by atoms with Crippen LogP contribution in [-0.4, -0.2) is 15.5 Å². The summed E-state index contributed by atoms with van der Waals surface area (Å²) < 4.78 is 27.9. The SMILES string of the molecule is COc1ccc(S(=O)(=O)/C=C/C#N)cc1. The fourth-order valence-electron chi connectivity index (χ4n) is 0.964. The third-order valence-electron chi connectivity index (χ3n) is 1.71. The Balaban J connectivity index is 3.07. The molecule has 0 amide bonds. The van der Waals surface area contributed by atoms with Gasteiger partial charge in [-0.1, -0.05) is 0 Å². The number of nitriles is 1. The molecule has 0 fully saturated rings. The quantitative estimate of drug-likeness (QED) is 0.728. The molecule has 0 aliphatic carbocycles. The average Bonchev–Trinajstić information content (AvgIpc) is 2.26. The maximum Gasteiger partial charge on any atom is 0.200 e. The van der Waals surface area contributed by atoms with Crippen molar-refractivity contribution < 1.29 is 13.2 Å². The highest BCUT2D eigenvalue weighted by Gasteiger charge is 2.09. The lowest BCUT2D eigenvalue weighted by molar-refractivity contribution is 0.414. The monoisotopic (exact) mass is 223 g/mol. The van der Waals surface area contributed by atoms with E-state index in [0.29, 0.717) is 5.75 Å². The van der Waals surface area contributed by atoms with Crippen LogP contribution in [0.2, 0.25) is 0 Å². The van der Waals surface area contributed by atoms with E-state index in [0.717, 1.165) is 11.5 Å². The van der Waals surface area contributed by atoms with Gasteiger partial charge >= 0.3 is 0 Å². The molecule has 5 heteroatoms. The van der Waals surface area contributed by atoms with Crippen molar-refractivity contribution in [3.8, 4) is 11.8 Å². The Morgan fingerprint density at radius 3 is 2.40 bits per heavy atom. The van der Waals surface area contributed by atoms with Gasteiger partial charge in [0.05, 0.1) is 18.1 Å². The molecule has 0 aromatic heterocycles. The van der Waals surface area contributed by atoms with Gasteiger partial charge in [-0.05, 0) is 24.3 Å². The van der Waals surface area contributed by atoms with Crippen molar-refractivity contribution in [2.75, 3.05) is 7.11 Å². The van der Waals surface area contributed by atoms with Gasteiger partial charge in [0, 0.05) is 11.5 Å². The lowest BCUT2D eigenvalue weighted by atomic mass is 10.3. The number of sulfone groups is 1. The van der Waals surface area contributed by atoms with Crippen molar-refractivity contribution in [2.24, 2.45) is 0 Å². The fourth-order valence-corrected chi connectivity index (χ4v) is 1.88. The van der Waals surface area contributed by atoms with Gasteiger partial charge in [-0.25, -0.2) is 8.42 Å². The molecule has 0 radical (unpaired) electrons. The zero-order chi connectivity index (χ0) is 11.3. The highest BCUT2D eigenvalue weighted by Crippen LogP contribution is 2.17. The summed E-state index contributed by atoms with van der Waals surface area (Å²) in [5, 5.41) is 9.11. The minimum atomic E-state index is -3.51. The first-order valence-electron chi connectivity index (χ1n) is 4.05. The lowest BCUT2D eigenvalue weighted by Gasteiger charge is -2.01. The molecule has 1 aromatic rings. The van der Waals surface area contributed by atoms with Crippen LogP contribution in [-0.2, 0) is 9.84 Å². The second-order valence-electron chi connectivity index (χ2n) is 2.65. The first-order chi connectivity index (χ1) is 7.10. The molecule has 1 aromatic carbocycles. The van der Waals surface area contributed by atoms with Gasteiger partial charge in [0.25, 0.3) is 0 Å². The number of hydrogen-bond donors (Lipinski definition) is 0. The Kier molecular flexibility index (Phi) is 3.47. The Labute approximate surface area is 88.3 Å². The van der Waals surface area contributed by atoms with Crippen LogP contribution in [0.4, 0.5) is 0 Å². The summed E-state index contributed by atoms with van der Waals surface area (Å²) in [5.41, 5.74) is 0. The molecule has 0 bridgehead atoms. The summed E-state index contributed by atoms with van der Waals surface area (Å²) in [5.74, 6) is 0.582. The van der Waals surface area contributed by atoms with Crippen LogP contribution < -0.4 is 4.74 Å². The molecule has 0 aliphatic heterocycles. The van der Waals surface area contributed by atoms with Crippen molar-refractivity contribution in [1.82, 2.24) is 0 Å². The molecule has 1 rings (SSSR count). The molecule has 0 atom stereocenters. The van der Waals surface area contributed by atoms with Gasteiger partial charge in [0.2, 0.25) is 9.84 Å². The van der Waals surface area contributed by atoms with Gasteiger partial charge in [-0.15, -0.1) is 0 Å². The Morgan fingerprint density at radius 2 is 1.93 bits per heavy atom. The zero-order valence-electron chi connectivity index (χ0n) is 8.04. The minimum absolute atomic E-state index is 0.134. The average molecular weight is 223 g/mol.